The molecule has 6 nitrogen and oxygen atoms in total. The molecule has 1 fully saturated rings. The third kappa shape index (κ3) is 5.70. The van der Waals surface area contributed by atoms with E-state index in [9.17, 15) is 13.2 Å². The third-order valence-electron chi connectivity index (χ3n) is 4.25. The molecule has 1 aliphatic heterocycles. The first-order valence-electron chi connectivity index (χ1n) is 8.21. The SMILES string of the molecule is CN(C)c1ccc(CCNC(=O)N2CC[C@H](CS(C)(=O)=O)C2)cc1. The molecule has 1 atom stereocenters. The van der Waals surface area contributed by atoms with Crippen LogP contribution in [0.3, 0.4) is 0 Å². The van der Waals surface area contributed by atoms with Crippen molar-refractivity contribution in [3.05, 3.63) is 29.8 Å². The van der Waals surface area contributed by atoms with E-state index in [0.717, 1.165) is 18.5 Å². The molecule has 1 aromatic carbocycles. The van der Waals surface area contributed by atoms with Crippen LogP contribution in [-0.2, 0) is 16.3 Å². The van der Waals surface area contributed by atoms with E-state index in [1.54, 1.807) is 4.90 Å². The third-order valence-corrected chi connectivity index (χ3v) is 5.33. The quantitative estimate of drug-likeness (QED) is 0.839. The van der Waals surface area contributed by atoms with Crippen molar-refractivity contribution >= 4 is 21.6 Å². The number of sulfone groups is 1. The van der Waals surface area contributed by atoms with Crippen LogP contribution in [0.2, 0.25) is 0 Å². The van der Waals surface area contributed by atoms with Crippen LogP contribution in [0.15, 0.2) is 24.3 Å². The normalized spacial score (nSPS) is 17.8. The molecule has 0 aromatic heterocycles. The fourth-order valence-corrected chi connectivity index (χ4v) is 4.10. The molecule has 0 aliphatic carbocycles. The summed E-state index contributed by atoms with van der Waals surface area (Å²) in [6, 6.07) is 8.16. The maximum atomic E-state index is 12.1. The molecule has 7 heteroatoms. The highest BCUT2D eigenvalue weighted by Crippen LogP contribution is 2.18. The van der Waals surface area contributed by atoms with E-state index in [4.69, 9.17) is 0 Å². The predicted molar refractivity (Wildman–Crippen MR) is 97.3 cm³/mol. The summed E-state index contributed by atoms with van der Waals surface area (Å²) in [5.74, 6) is 0.221. The minimum Gasteiger partial charge on any atom is -0.378 e. The number of nitrogens with zero attached hydrogens (tertiary/aromatic N) is 2. The number of benzene rings is 1. The standard InChI is InChI=1S/C17H27N3O3S/c1-19(2)16-6-4-14(5-7-16)8-10-18-17(21)20-11-9-15(12-20)13-24(3,22)23/h4-7,15H,8-13H2,1-3H3,(H,18,21)/t15-/m0/s1. The highest BCUT2D eigenvalue weighted by Gasteiger charge is 2.28. The van der Waals surface area contributed by atoms with Gasteiger partial charge in [-0.25, -0.2) is 13.2 Å². The number of hydrogen-bond acceptors (Lipinski definition) is 4. The molecule has 0 radical (unpaired) electrons. The lowest BCUT2D eigenvalue weighted by molar-refractivity contribution is 0.207. The summed E-state index contributed by atoms with van der Waals surface area (Å²) in [6.07, 6.45) is 2.78. The predicted octanol–water partition coefficient (Wildman–Crippen LogP) is 1.37. The summed E-state index contributed by atoms with van der Waals surface area (Å²) in [5, 5.41) is 2.92. The van der Waals surface area contributed by atoms with E-state index in [1.165, 1.54) is 11.8 Å². The maximum absolute atomic E-state index is 12.1. The average Bonchev–Trinajstić information content (AvgIpc) is 2.94. The molecule has 134 valence electrons. The number of rotatable bonds is 6. The number of carbonyl (C=O) groups excluding carboxylic acids is 1. The number of urea groups is 1. The van der Waals surface area contributed by atoms with E-state index in [2.05, 4.69) is 29.6 Å². The smallest absolute Gasteiger partial charge is 0.317 e. The van der Waals surface area contributed by atoms with Gasteiger partial charge in [-0.15, -0.1) is 0 Å². The molecular formula is C17H27N3O3S. The van der Waals surface area contributed by atoms with Gasteiger partial charge < -0.3 is 15.1 Å². The van der Waals surface area contributed by atoms with E-state index < -0.39 is 9.84 Å². The second kappa shape index (κ2) is 7.88. The largest absolute Gasteiger partial charge is 0.378 e. The monoisotopic (exact) mass is 353 g/mol. The van der Waals surface area contributed by atoms with Crippen molar-refractivity contribution in [2.24, 2.45) is 5.92 Å². The Kier molecular flexibility index (Phi) is 6.10. The summed E-state index contributed by atoms with van der Waals surface area (Å²) in [5.41, 5.74) is 2.33. The number of hydrogen-bond donors (Lipinski definition) is 1. The Labute approximate surface area is 144 Å². The Morgan fingerprint density at radius 3 is 2.54 bits per heavy atom. The summed E-state index contributed by atoms with van der Waals surface area (Å²) in [4.78, 5) is 15.9. The lowest BCUT2D eigenvalue weighted by atomic mass is 10.1. The topological polar surface area (TPSA) is 69.7 Å². The zero-order chi connectivity index (χ0) is 17.7. The minimum atomic E-state index is -2.98. The lowest BCUT2D eigenvalue weighted by Gasteiger charge is -2.17. The summed E-state index contributed by atoms with van der Waals surface area (Å²) in [7, 11) is 1.02. The van der Waals surface area contributed by atoms with Gasteiger partial charge in [-0.1, -0.05) is 12.1 Å². The van der Waals surface area contributed by atoms with E-state index >= 15 is 0 Å². The van der Waals surface area contributed by atoms with Crippen LogP contribution in [0.25, 0.3) is 0 Å². The van der Waals surface area contributed by atoms with Gasteiger partial charge in [0.15, 0.2) is 0 Å². The van der Waals surface area contributed by atoms with E-state index in [1.807, 2.05) is 19.0 Å². The molecule has 1 N–H and O–H groups in total. The van der Waals surface area contributed by atoms with E-state index in [0.29, 0.717) is 19.6 Å². The molecule has 1 aliphatic rings. The van der Waals surface area contributed by atoms with Gasteiger partial charge in [-0.05, 0) is 36.5 Å². The van der Waals surface area contributed by atoms with Crippen LogP contribution in [0, 0.1) is 5.92 Å². The van der Waals surface area contributed by atoms with Crippen molar-refractivity contribution in [3.8, 4) is 0 Å². The number of carbonyl (C=O) groups is 1. The number of nitrogens with one attached hydrogen (secondary N) is 1. The molecule has 0 spiro atoms. The van der Waals surface area contributed by atoms with Gasteiger partial charge in [0.2, 0.25) is 0 Å². The van der Waals surface area contributed by atoms with Crippen LogP contribution in [0.1, 0.15) is 12.0 Å². The first-order valence-corrected chi connectivity index (χ1v) is 10.3. The van der Waals surface area contributed by atoms with Crippen LogP contribution in [0.4, 0.5) is 10.5 Å². The number of likely N-dealkylation sites (tertiary alicyclic amines) is 1. The van der Waals surface area contributed by atoms with Crippen LogP contribution in [-0.4, -0.2) is 65.1 Å². The molecule has 0 bridgehead atoms. The molecule has 2 amide bonds. The van der Waals surface area contributed by atoms with Crippen LogP contribution in [0.5, 0.6) is 0 Å². The fraction of sp³-hybridized carbons (Fsp3) is 0.588. The van der Waals surface area contributed by atoms with Crippen LogP contribution < -0.4 is 10.2 Å². The Bertz CT molecular complexity index is 656. The summed E-state index contributed by atoms with van der Waals surface area (Å²) in [6.45, 7) is 1.73. The summed E-state index contributed by atoms with van der Waals surface area (Å²) >= 11 is 0. The van der Waals surface area contributed by atoms with Gasteiger partial charge in [0.25, 0.3) is 0 Å². The molecule has 2 rings (SSSR count). The molecule has 0 saturated carbocycles. The van der Waals surface area contributed by atoms with Crippen LogP contribution >= 0.6 is 0 Å². The maximum Gasteiger partial charge on any atom is 0.317 e. The van der Waals surface area contributed by atoms with Crippen molar-refractivity contribution < 1.29 is 13.2 Å². The van der Waals surface area contributed by atoms with Crippen molar-refractivity contribution in [1.29, 1.82) is 0 Å². The Morgan fingerprint density at radius 1 is 1.29 bits per heavy atom. The second-order valence-corrected chi connectivity index (χ2v) is 8.92. The Hall–Kier alpha value is -1.76. The van der Waals surface area contributed by atoms with Crippen molar-refractivity contribution in [1.82, 2.24) is 10.2 Å². The molecule has 1 saturated heterocycles. The van der Waals surface area contributed by atoms with Gasteiger partial charge >= 0.3 is 6.03 Å². The zero-order valence-electron chi connectivity index (χ0n) is 14.7. The fourth-order valence-electron chi connectivity index (χ4n) is 2.97. The first kappa shape index (κ1) is 18.6. The Balaban J connectivity index is 1.73. The molecule has 24 heavy (non-hydrogen) atoms. The van der Waals surface area contributed by atoms with Crippen molar-refractivity contribution in [2.45, 2.75) is 12.8 Å². The van der Waals surface area contributed by atoms with Crippen molar-refractivity contribution in [3.63, 3.8) is 0 Å². The second-order valence-electron chi connectivity index (χ2n) is 6.74. The Morgan fingerprint density at radius 2 is 1.96 bits per heavy atom. The number of amides is 2. The van der Waals surface area contributed by atoms with Gasteiger partial charge in [0.1, 0.15) is 9.84 Å². The lowest BCUT2D eigenvalue weighted by Crippen LogP contribution is -2.39. The van der Waals surface area contributed by atoms with Gasteiger partial charge in [0, 0.05) is 45.7 Å². The van der Waals surface area contributed by atoms with Gasteiger partial charge in [-0.2, -0.15) is 0 Å². The zero-order valence-corrected chi connectivity index (χ0v) is 15.5. The minimum absolute atomic E-state index is 0.0596. The highest BCUT2D eigenvalue weighted by atomic mass is 32.2. The van der Waals surface area contributed by atoms with Crippen molar-refractivity contribution in [2.75, 3.05) is 50.6 Å². The van der Waals surface area contributed by atoms with Gasteiger partial charge in [0.05, 0.1) is 5.75 Å². The van der Waals surface area contributed by atoms with Gasteiger partial charge in [-0.3, -0.25) is 0 Å². The average molecular weight is 353 g/mol. The molecule has 0 unspecified atom stereocenters. The molecule has 1 aromatic rings. The molecular weight excluding hydrogens is 326 g/mol. The number of anilines is 1. The molecule has 1 heterocycles. The summed E-state index contributed by atoms with van der Waals surface area (Å²) < 4.78 is 22.7. The first-order chi connectivity index (χ1) is 11.2. The van der Waals surface area contributed by atoms with E-state index in [-0.39, 0.29) is 17.7 Å². The highest BCUT2D eigenvalue weighted by molar-refractivity contribution is 7.90.